The predicted octanol–water partition coefficient (Wildman–Crippen LogP) is 4.10. The maximum atomic E-state index is 15.1. The molecule has 1 aromatic heterocycles. The van der Waals surface area contributed by atoms with E-state index in [0.717, 1.165) is 74.3 Å². The largest absolute Gasteiger partial charge is 0.495 e. The maximum Gasteiger partial charge on any atom is 0.342 e. The predicted molar refractivity (Wildman–Crippen MR) is 231 cm³/mol. The Balaban J connectivity index is 0.802. The lowest BCUT2D eigenvalue weighted by molar-refractivity contribution is -0.140. The molecule has 17 nitrogen and oxygen atoms in total. The molecule has 64 heavy (non-hydrogen) atoms. The number of methoxy groups -OCH3 is 1. The summed E-state index contributed by atoms with van der Waals surface area (Å²) >= 11 is 0. The number of nitrogens with zero attached hydrogens (tertiary/aromatic N) is 7. The van der Waals surface area contributed by atoms with Crippen LogP contribution in [0.5, 0.6) is 5.75 Å². The van der Waals surface area contributed by atoms with Gasteiger partial charge in [0.05, 0.1) is 42.4 Å². The minimum atomic E-state index is -3.59. The number of nitrogens with one attached hydrogen (secondary N) is 3. The normalized spacial score (nSPS) is 23.2. The van der Waals surface area contributed by atoms with Gasteiger partial charge in [0.15, 0.2) is 5.82 Å². The molecule has 3 saturated heterocycles. The van der Waals surface area contributed by atoms with Crippen molar-refractivity contribution in [3.05, 3.63) is 59.3 Å². The van der Waals surface area contributed by atoms with E-state index in [4.69, 9.17) is 4.74 Å². The van der Waals surface area contributed by atoms with Gasteiger partial charge in [-0.1, -0.05) is 18.9 Å². The zero-order valence-corrected chi connectivity index (χ0v) is 35.9. The van der Waals surface area contributed by atoms with Crippen molar-refractivity contribution in [2.45, 2.75) is 88.3 Å². The third-order valence-corrected chi connectivity index (χ3v) is 13.6. The Hall–Kier alpha value is -6.24. The summed E-state index contributed by atoms with van der Waals surface area (Å²) in [5, 5.41) is 8.58. The van der Waals surface area contributed by atoms with Crippen LogP contribution in [0.3, 0.4) is 0 Å². The zero-order chi connectivity index (χ0) is 44.9. The lowest BCUT2D eigenvalue weighted by Crippen LogP contribution is -2.54. The Bertz CT molecular complexity index is 2390. The van der Waals surface area contributed by atoms with Gasteiger partial charge < -0.3 is 35.0 Å². The Labute approximate surface area is 368 Å². The highest BCUT2D eigenvalue weighted by atomic mass is 19.3. The van der Waals surface area contributed by atoms with Gasteiger partial charge in [-0.2, -0.15) is 13.8 Å². The minimum absolute atomic E-state index is 0.0619. The molecule has 1 aliphatic carbocycles. The highest BCUT2D eigenvalue weighted by molar-refractivity contribution is 6.25. The van der Waals surface area contributed by atoms with Crippen LogP contribution in [0.1, 0.15) is 95.3 Å². The SMILES string of the molecule is COc1cc(C(=O)NC2CCCN(CC3CCN(c4cccc5c4C(=O)N(C4CCC(=O)NC4=O)C5=O)CC3)C2)ccc1Nc1ncc2c(n1)N(C1CCCC1)CC(F)(F)C(=O)N2C. The fraction of sp³-hybridized carbons (Fsp3) is 0.511. The summed E-state index contributed by atoms with van der Waals surface area (Å²) < 4.78 is 35.8. The number of aromatic nitrogens is 2. The zero-order valence-electron chi connectivity index (χ0n) is 35.9. The van der Waals surface area contributed by atoms with E-state index in [9.17, 15) is 28.8 Å². The Kier molecular flexibility index (Phi) is 11.7. The number of halogens is 2. The molecule has 2 atom stereocenters. The molecule has 0 radical (unpaired) electrons. The lowest BCUT2D eigenvalue weighted by atomic mass is 9.93. The van der Waals surface area contributed by atoms with Crippen LogP contribution in [-0.4, -0.2) is 133 Å². The van der Waals surface area contributed by atoms with Crippen molar-refractivity contribution >= 4 is 64.3 Å². The molecule has 3 N–H and O–H groups in total. The fourth-order valence-corrected chi connectivity index (χ4v) is 10.3. The summed E-state index contributed by atoms with van der Waals surface area (Å²) in [6, 6.07) is 8.95. The van der Waals surface area contributed by atoms with Crippen molar-refractivity contribution in [2.24, 2.45) is 5.92 Å². The standard InChI is InChI=1S/C45H52F2N10O7/c1-53-34-22-48-44(52-38(34)56(29-8-3-4-9-29)25-45(46,47)43(53)63)50-31-13-12-27(21-35(31)64-2)39(59)49-28-7-6-18-54(24-28)23-26-16-19-55(20-17-26)32-11-5-10-30-37(32)42(62)57(41(30)61)33-14-15-36(58)51-40(33)60/h5,10-13,21-22,26,28-29,33H,3-4,6-9,14-20,23-25H2,1-2H3,(H,49,59)(H,48,50,52)(H,51,58,60). The van der Waals surface area contributed by atoms with Crippen molar-refractivity contribution in [1.29, 1.82) is 0 Å². The molecule has 2 aromatic carbocycles. The average Bonchev–Trinajstić information content (AvgIpc) is 3.90. The van der Waals surface area contributed by atoms with Gasteiger partial charge >= 0.3 is 5.92 Å². The number of ether oxygens (including phenoxy) is 1. The van der Waals surface area contributed by atoms with Crippen molar-refractivity contribution in [2.75, 3.05) is 73.4 Å². The van der Waals surface area contributed by atoms with Crippen LogP contribution in [0.25, 0.3) is 0 Å². The molecule has 0 spiro atoms. The van der Waals surface area contributed by atoms with E-state index in [2.05, 4.69) is 35.7 Å². The number of amides is 6. The number of likely N-dealkylation sites (tertiary alicyclic amines) is 1. The highest BCUT2D eigenvalue weighted by Crippen LogP contribution is 2.41. The molecule has 338 valence electrons. The van der Waals surface area contributed by atoms with Gasteiger partial charge in [-0.15, -0.1) is 0 Å². The van der Waals surface area contributed by atoms with E-state index < -0.39 is 48.0 Å². The molecule has 9 rings (SSSR count). The summed E-state index contributed by atoms with van der Waals surface area (Å²) in [5.74, 6) is -6.07. The van der Waals surface area contributed by atoms with Gasteiger partial charge in [0, 0.05) is 57.3 Å². The first-order valence-electron chi connectivity index (χ1n) is 22.2. The first-order valence-corrected chi connectivity index (χ1v) is 22.2. The fourth-order valence-electron chi connectivity index (χ4n) is 10.3. The highest BCUT2D eigenvalue weighted by Gasteiger charge is 2.49. The first-order chi connectivity index (χ1) is 30.8. The van der Waals surface area contributed by atoms with Gasteiger partial charge in [0.2, 0.25) is 17.8 Å². The van der Waals surface area contributed by atoms with Gasteiger partial charge in [-0.3, -0.25) is 39.0 Å². The number of fused-ring (bicyclic) bond motifs is 2. The van der Waals surface area contributed by atoms with Crippen molar-refractivity contribution in [1.82, 2.24) is 30.4 Å². The second kappa shape index (κ2) is 17.4. The minimum Gasteiger partial charge on any atom is -0.495 e. The lowest BCUT2D eigenvalue weighted by Gasteiger charge is -2.39. The molecular weight excluding hydrogens is 831 g/mol. The number of alkyl halides is 2. The van der Waals surface area contributed by atoms with Crippen LogP contribution in [-0.2, 0) is 14.4 Å². The summed E-state index contributed by atoms with van der Waals surface area (Å²) in [6.45, 7) is 3.09. The van der Waals surface area contributed by atoms with Gasteiger partial charge in [0.25, 0.3) is 23.6 Å². The van der Waals surface area contributed by atoms with Gasteiger partial charge in [0.1, 0.15) is 17.5 Å². The summed E-state index contributed by atoms with van der Waals surface area (Å²) in [6.07, 6.45) is 8.31. The van der Waals surface area contributed by atoms with Gasteiger partial charge in [-0.05, 0) is 87.7 Å². The smallest absolute Gasteiger partial charge is 0.342 e. The monoisotopic (exact) mass is 882 g/mol. The molecule has 4 fully saturated rings. The van der Waals surface area contributed by atoms with E-state index in [1.165, 1.54) is 20.4 Å². The quantitative estimate of drug-likeness (QED) is 0.247. The van der Waals surface area contributed by atoms with E-state index in [-0.39, 0.29) is 53.8 Å². The van der Waals surface area contributed by atoms with E-state index in [1.54, 1.807) is 35.2 Å². The molecule has 5 aliphatic heterocycles. The van der Waals surface area contributed by atoms with Crippen molar-refractivity contribution < 1.29 is 42.3 Å². The first kappa shape index (κ1) is 43.0. The molecule has 19 heteroatoms. The molecule has 1 saturated carbocycles. The average molecular weight is 883 g/mol. The number of imide groups is 2. The summed E-state index contributed by atoms with van der Waals surface area (Å²) in [4.78, 5) is 94.8. The van der Waals surface area contributed by atoms with Crippen LogP contribution in [0.15, 0.2) is 42.6 Å². The second-order valence-corrected chi connectivity index (χ2v) is 17.7. The molecule has 3 aromatic rings. The van der Waals surface area contributed by atoms with E-state index in [0.29, 0.717) is 53.8 Å². The summed E-state index contributed by atoms with van der Waals surface area (Å²) in [7, 11) is 2.79. The Morgan fingerprint density at radius 1 is 0.938 bits per heavy atom. The van der Waals surface area contributed by atoms with E-state index >= 15 is 8.78 Å². The Morgan fingerprint density at radius 2 is 1.72 bits per heavy atom. The van der Waals surface area contributed by atoms with Crippen LogP contribution >= 0.6 is 0 Å². The molecule has 2 unspecified atom stereocenters. The van der Waals surface area contributed by atoms with Crippen molar-refractivity contribution in [3.8, 4) is 5.75 Å². The maximum absolute atomic E-state index is 15.1. The molecule has 6 aliphatic rings. The van der Waals surface area contributed by atoms with E-state index in [1.807, 2.05) is 6.07 Å². The van der Waals surface area contributed by atoms with Crippen LogP contribution in [0.2, 0.25) is 0 Å². The third-order valence-electron chi connectivity index (χ3n) is 13.6. The molecule has 6 amide bonds. The Morgan fingerprint density at radius 3 is 2.47 bits per heavy atom. The van der Waals surface area contributed by atoms with Crippen LogP contribution in [0, 0.1) is 5.92 Å². The van der Waals surface area contributed by atoms with Crippen LogP contribution in [0.4, 0.5) is 37.6 Å². The number of hydrogen-bond acceptors (Lipinski definition) is 13. The van der Waals surface area contributed by atoms with Gasteiger partial charge in [-0.25, -0.2) is 4.98 Å². The number of rotatable bonds is 10. The molecular formula is C45H52F2N10O7. The number of carbonyl (C=O) groups excluding carboxylic acids is 6. The molecule has 6 heterocycles. The molecule has 0 bridgehead atoms. The number of piperidine rings is 3. The number of anilines is 5. The summed E-state index contributed by atoms with van der Waals surface area (Å²) in [5.41, 5.74) is 2.34. The second-order valence-electron chi connectivity index (χ2n) is 17.7. The van der Waals surface area contributed by atoms with Crippen LogP contribution < -0.4 is 35.4 Å². The van der Waals surface area contributed by atoms with Crippen molar-refractivity contribution in [3.63, 3.8) is 0 Å². The number of carbonyl (C=O) groups is 6. The number of hydrogen-bond donors (Lipinski definition) is 3. The topological polar surface area (TPSA) is 190 Å². The number of benzene rings is 2. The third kappa shape index (κ3) is 8.20.